The second kappa shape index (κ2) is 5.35. The number of hydrogen-bond donors (Lipinski definition) is 1. The van der Waals surface area contributed by atoms with E-state index in [1.807, 2.05) is 18.7 Å². The van der Waals surface area contributed by atoms with Gasteiger partial charge >= 0.3 is 0 Å². The summed E-state index contributed by atoms with van der Waals surface area (Å²) in [6.07, 6.45) is 4.82. The third-order valence-electron chi connectivity index (χ3n) is 3.10. The first kappa shape index (κ1) is 11.5. The largest absolute Gasteiger partial charge is 0.342 e. The van der Waals surface area contributed by atoms with Crippen LogP contribution < -0.4 is 5.73 Å². The fourth-order valence-electron chi connectivity index (χ4n) is 1.80. The smallest absolute Gasteiger partial charge is 0.226 e. The Bertz CT molecular complexity index is 184. The molecule has 0 bridgehead atoms. The Kier molecular flexibility index (Phi) is 4.39. The Hall–Kier alpha value is -0.570. The van der Waals surface area contributed by atoms with Crippen molar-refractivity contribution in [2.24, 2.45) is 11.7 Å². The van der Waals surface area contributed by atoms with Gasteiger partial charge in [-0.2, -0.15) is 0 Å². The summed E-state index contributed by atoms with van der Waals surface area (Å²) < 4.78 is 0. The molecule has 82 valence electrons. The van der Waals surface area contributed by atoms with Crippen molar-refractivity contribution in [3.8, 4) is 0 Å². The number of nitrogens with two attached hydrogens (primary N) is 1. The van der Waals surface area contributed by atoms with E-state index in [4.69, 9.17) is 5.73 Å². The molecule has 0 aliphatic carbocycles. The number of rotatable bonds is 2. The van der Waals surface area contributed by atoms with Crippen LogP contribution >= 0.6 is 0 Å². The van der Waals surface area contributed by atoms with Crippen LogP contribution in [0.15, 0.2) is 0 Å². The van der Waals surface area contributed by atoms with E-state index in [0.29, 0.717) is 0 Å². The quantitative estimate of drug-likeness (QED) is 0.728. The molecule has 2 atom stereocenters. The number of amides is 1. The Morgan fingerprint density at radius 1 is 1.14 bits per heavy atom. The summed E-state index contributed by atoms with van der Waals surface area (Å²) in [5.74, 6) is 0.204. The highest BCUT2D eigenvalue weighted by atomic mass is 16.2. The second-order valence-electron chi connectivity index (χ2n) is 4.39. The van der Waals surface area contributed by atoms with Crippen LogP contribution in [0.5, 0.6) is 0 Å². The molecule has 1 saturated heterocycles. The van der Waals surface area contributed by atoms with Gasteiger partial charge in [0.2, 0.25) is 5.91 Å². The van der Waals surface area contributed by atoms with E-state index >= 15 is 0 Å². The molecule has 0 spiro atoms. The minimum Gasteiger partial charge on any atom is -0.342 e. The molecule has 3 nitrogen and oxygen atoms in total. The number of likely N-dealkylation sites (tertiary alicyclic amines) is 1. The normalized spacial score (nSPS) is 22.6. The molecular weight excluding hydrogens is 176 g/mol. The van der Waals surface area contributed by atoms with Crippen molar-refractivity contribution in [3.05, 3.63) is 0 Å². The maximum absolute atomic E-state index is 11.9. The van der Waals surface area contributed by atoms with Crippen LogP contribution in [0.3, 0.4) is 0 Å². The van der Waals surface area contributed by atoms with Crippen LogP contribution in [0.1, 0.15) is 39.5 Å². The molecule has 14 heavy (non-hydrogen) atoms. The van der Waals surface area contributed by atoms with Crippen molar-refractivity contribution in [1.29, 1.82) is 0 Å². The summed E-state index contributed by atoms with van der Waals surface area (Å²) >= 11 is 0. The molecule has 1 heterocycles. The maximum Gasteiger partial charge on any atom is 0.226 e. The van der Waals surface area contributed by atoms with Crippen molar-refractivity contribution >= 4 is 5.91 Å². The fraction of sp³-hybridized carbons (Fsp3) is 0.909. The third kappa shape index (κ3) is 2.98. The van der Waals surface area contributed by atoms with Crippen molar-refractivity contribution in [3.63, 3.8) is 0 Å². The van der Waals surface area contributed by atoms with Crippen molar-refractivity contribution in [1.82, 2.24) is 4.90 Å². The zero-order valence-electron chi connectivity index (χ0n) is 9.33. The zero-order valence-corrected chi connectivity index (χ0v) is 9.33. The molecule has 0 aromatic carbocycles. The molecule has 1 amide bonds. The van der Waals surface area contributed by atoms with Crippen LogP contribution in [-0.4, -0.2) is 29.9 Å². The van der Waals surface area contributed by atoms with Gasteiger partial charge in [0.1, 0.15) is 0 Å². The first-order valence-corrected chi connectivity index (χ1v) is 5.67. The number of hydrogen-bond acceptors (Lipinski definition) is 2. The van der Waals surface area contributed by atoms with Gasteiger partial charge in [0.25, 0.3) is 0 Å². The molecule has 0 saturated carbocycles. The summed E-state index contributed by atoms with van der Waals surface area (Å²) in [5, 5.41) is 0. The molecule has 1 aliphatic heterocycles. The molecule has 0 radical (unpaired) electrons. The number of carbonyl (C=O) groups is 1. The monoisotopic (exact) mass is 198 g/mol. The summed E-state index contributed by atoms with van der Waals surface area (Å²) in [6, 6.07) is -0.0363. The molecule has 2 unspecified atom stereocenters. The summed E-state index contributed by atoms with van der Waals surface area (Å²) in [6.45, 7) is 5.68. The van der Waals surface area contributed by atoms with E-state index in [0.717, 1.165) is 25.9 Å². The molecule has 1 fully saturated rings. The predicted molar refractivity (Wildman–Crippen MR) is 57.9 cm³/mol. The lowest BCUT2D eigenvalue weighted by Gasteiger charge is -2.25. The van der Waals surface area contributed by atoms with Gasteiger partial charge in [0, 0.05) is 19.1 Å². The van der Waals surface area contributed by atoms with E-state index in [-0.39, 0.29) is 17.9 Å². The highest BCUT2D eigenvalue weighted by Crippen LogP contribution is 2.13. The lowest BCUT2D eigenvalue weighted by Crippen LogP contribution is -2.42. The van der Waals surface area contributed by atoms with E-state index in [2.05, 4.69) is 0 Å². The van der Waals surface area contributed by atoms with Gasteiger partial charge < -0.3 is 10.6 Å². The lowest BCUT2D eigenvalue weighted by molar-refractivity contribution is -0.135. The lowest BCUT2D eigenvalue weighted by atomic mass is 10.0. The van der Waals surface area contributed by atoms with Gasteiger partial charge in [-0.05, 0) is 19.8 Å². The molecule has 3 heteroatoms. The van der Waals surface area contributed by atoms with Gasteiger partial charge in [0.15, 0.2) is 0 Å². The summed E-state index contributed by atoms with van der Waals surface area (Å²) in [7, 11) is 0. The number of nitrogens with zero attached hydrogens (tertiary/aromatic N) is 1. The number of carbonyl (C=O) groups excluding carboxylic acids is 1. The van der Waals surface area contributed by atoms with Crippen molar-refractivity contribution < 1.29 is 4.79 Å². The highest BCUT2D eigenvalue weighted by molar-refractivity contribution is 5.79. The van der Waals surface area contributed by atoms with Gasteiger partial charge in [-0.15, -0.1) is 0 Å². The highest BCUT2D eigenvalue weighted by Gasteiger charge is 2.23. The minimum absolute atomic E-state index is 0.0342. The minimum atomic E-state index is -0.0363. The second-order valence-corrected chi connectivity index (χ2v) is 4.39. The van der Waals surface area contributed by atoms with E-state index in [1.165, 1.54) is 12.8 Å². The molecule has 1 aliphatic rings. The molecule has 1 rings (SSSR count). The molecule has 0 aromatic rings. The van der Waals surface area contributed by atoms with E-state index in [9.17, 15) is 4.79 Å². The zero-order chi connectivity index (χ0) is 10.6. The van der Waals surface area contributed by atoms with Gasteiger partial charge in [0.05, 0.1) is 5.92 Å². The van der Waals surface area contributed by atoms with Crippen LogP contribution in [0.2, 0.25) is 0 Å². The standard InChI is InChI=1S/C11H22N2O/c1-9(10(2)12)11(14)13-7-5-3-4-6-8-13/h9-10H,3-8,12H2,1-2H3. The third-order valence-corrected chi connectivity index (χ3v) is 3.10. The van der Waals surface area contributed by atoms with Crippen LogP contribution in [-0.2, 0) is 4.79 Å². The molecule has 0 aromatic heterocycles. The van der Waals surface area contributed by atoms with Crippen molar-refractivity contribution in [2.75, 3.05) is 13.1 Å². The van der Waals surface area contributed by atoms with Crippen LogP contribution in [0.25, 0.3) is 0 Å². The Morgan fingerprint density at radius 2 is 1.64 bits per heavy atom. The van der Waals surface area contributed by atoms with E-state index < -0.39 is 0 Å². The maximum atomic E-state index is 11.9. The van der Waals surface area contributed by atoms with Crippen LogP contribution in [0, 0.1) is 5.92 Å². The summed E-state index contributed by atoms with van der Waals surface area (Å²) in [5.41, 5.74) is 5.74. The van der Waals surface area contributed by atoms with Gasteiger partial charge in [-0.3, -0.25) is 4.79 Å². The Balaban J connectivity index is 2.49. The van der Waals surface area contributed by atoms with Gasteiger partial charge in [-0.25, -0.2) is 0 Å². The fourth-order valence-corrected chi connectivity index (χ4v) is 1.80. The van der Waals surface area contributed by atoms with Gasteiger partial charge in [-0.1, -0.05) is 19.8 Å². The first-order valence-electron chi connectivity index (χ1n) is 5.67. The first-order chi connectivity index (χ1) is 6.63. The molecular formula is C11H22N2O. The average molecular weight is 198 g/mol. The predicted octanol–water partition coefficient (Wildman–Crippen LogP) is 1.37. The Labute approximate surface area is 86.6 Å². The Morgan fingerprint density at radius 3 is 2.07 bits per heavy atom. The average Bonchev–Trinajstić information content (AvgIpc) is 2.43. The topological polar surface area (TPSA) is 46.3 Å². The molecule has 2 N–H and O–H groups in total. The van der Waals surface area contributed by atoms with Crippen molar-refractivity contribution in [2.45, 2.75) is 45.6 Å². The summed E-state index contributed by atoms with van der Waals surface area (Å²) in [4.78, 5) is 13.9. The van der Waals surface area contributed by atoms with E-state index in [1.54, 1.807) is 0 Å². The van der Waals surface area contributed by atoms with Crippen LogP contribution in [0.4, 0.5) is 0 Å². The SMILES string of the molecule is CC(N)C(C)C(=O)N1CCCCCC1.